The number of amides is 1. The second kappa shape index (κ2) is 7.88. The van der Waals surface area contributed by atoms with Crippen molar-refractivity contribution in [3.63, 3.8) is 0 Å². The Morgan fingerprint density at radius 2 is 1.69 bits per heavy atom. The van der Waals surface area contributed by atoms with Gasteiger partial charge in [0.2, 0.25) is 0 Å². The minimum Gasteiger partial charge on any atom is -0.507 e. The SMILES string of the molecule is O=C(COC(=O)c1cc2ccccc2cc1O)Nc1ccc(Br)cc1Br. The number of esters is 1. The van der Waals surface area contributed by atoms with Crippen molar-refractivity contribution >= 4 is 60.2 Å². The van der Waals surface area contributed by atoms with Gasteiger partial charge in [0.15, 0.2) is 6.61 Å². The normalized spacial score (nSPS) is 10.5. The van der Waals surface area contributed by atoms with Gasteiger partial charge >= 0.3 is 5.97 Å². The van der Waals surface area contributed by atoms with E-state index in [2.05, 4.69) is 37.2 Å². The molecule has 0 saturated carbocycles. The van der Waals surface area contributed by atoms with E-state index in [9.17, 15) is 14.7 Å². The molecule has 0 fully saturated rings. The predicted octanol–water partition coefficient (Wildman–Crippen LogP) is 4.87. The second-order valence-corrected chi connectivity index (χ2v) is 7.23. The number of benzene rings is 3. The van der Waals surface area contributed by atoms with Crippen LogP contribution in [0.2, 0.25) is 0 Å². The number of aromatic hydroxyl groups is 1. The molecule has 0 aliphatic rings. The first-order valence-corrected chi connectivity index (χ1v) is 9.16. The highest BCUT2D eigenvalue weighted by atomic mass is 79.9. The number of carbonyl (C=O) groups is 2. The zero-order chi connectivity index (χ0) is 18.7. The molecule has 0 saturated heterocycles. The van der Waals surface area contributed by atoms with Gasteiger partial charge in [-0.2, -0.15) is 0 Å². The van der Waals surface area contributed by atoms with Gasteiger partial charge in [0.05, 0.1) is 5.69 Å². The maximum atomic E-state index is 12.2. The first-order valence-electron chi connectivity index (χ1n) is 7.58. The molecule has 0 bridgehead atoms. The zero-order valence-corrected chi connectivity index (χ0v) is 16.5. The summed E-state index contributed by atoms with van der Waals surface area (Å²) >= 11 is 6.67. The summed E-state index contributed by atoms with van der Waals surface area (Å²) in [5.74, 6) is -1.44. The van der Waals surface area contributed by atoms with E-state index in [1.807, 2.05) is 24.3 Å². The lowest BCUT2D eigenvalue weighted by atomic mass is 10.1. The van der Waals surface area contributed by atoms with E-state index in [4.69, 9.17) is 4.74 Å². The molecule has 0 aliphatic heterocycles. The van der Waals surface area contributed by atoms with E-state index in [-0.39, 0.29) is 11.3 Å². The van der Waals surface area contributed by atoms with Gasteiger partial charge in [-0.25, -0.2) is 4.79 Å². The lowest BCUT2D eigenvalue weighted by molar-refractivity contribution is -0.119. The predicted molar refractivity (Wildman–Crippen MR) is 106 cm³/mol. The van der Waals surface area contributed by atoms with Crippen LogP contribution in [0.1, 0.15) is 10.4 Å². The number of fused-ring (bicyclic) bond motifs is 1. The number of anilines is 1. The van der Waals surface area contributed by atoms with Crippen LogP contribution < -0.4 is 5.32 Å². The molecule has 0 spiro atoms. The molecule has 0 heterocycles. The van der Waals surface area contributed by atoms with Gasteiger partial charge < -0.3 is 15.2 Å². The van der Waals surface area contributed by atoms with Crippen molar-refractivity contribution in [2.45, 2.75) is 0 Å². The van der Waals surface area contributed by atoms with Gasteiger partial charge in [0, 0.05) is 8.95 Å². The third-order valence-corrected chi connectivity index (χ3v) is 4.77. The molecule has 3 aromatic rings. The van der Waals surface area contributed by atoms with Crippen molar-refractivity contribution in [1.82, 2.24) is 0 Å². The van der Waals surface area contributed by atoms with Gasteiger partial charge in [-0.1, -0.05) is 40.2 Å². The Morgan fingerprint density at radius 1 is 1.00 bits per heavy atom. The van der Waals surface area contributed by atoms with Crippen LogP contribution in [0.15, 0.2) is 63.5 Å². The summed E-state index contributed by atoms with van der Waals surface area (Å²) in [6.45, 7) is -0.465. The molecule has 0 aromatic heterocycles. The van der Waals surface area contributed by atoms with E-state index in [1.54, 1.807) is 18.2 Å². The van der Waals surface area contributed by atoms with E-state index in [0.29, 0.717) is 10.2 Å². The smallest absolute Gasteiger partial charge is 0.342 e. The van der Waals surface area contributed by atoms with E-state index < -0.39 is 18.5 Å². The lowest BCUT2D eigenvalue weighted by Crippen LogP contribution is -2.21. The number of carbonyl (C=O) groups excluding carboxylic acids is 2. The number of phenols is 1. The molecule has 3 aromatic carbocycles. The summed E-state index contributed by atoms with van der Waals surface area (Å²) in [4.78, 5) is 24.2. The average Bonchev–Trinajstić information content (AvgIpc) is 2.61. The number of rotatable bonds is 4. The maximum absolute atomic E-state index is 12.2. The van der Waals surface area contributed by atoms with Crippen molar-refractivity contribution < 1.29 is 19.4 Å². The molecule has 26 heavy (non-hydrogen) atoms. The molecule has 0 radical (unpaired) electrons. The third-order valence-electron chi connectivity index (χ3n) is 3.62. The van der Waals surface area contributed by atoms with Crippen molar-refractivity contribution in [1.29, 1.82) is 0 Å². The number of halogens is 2. The quantitative estimate of drug-likeness (QED) is 0.524. The Bertz CT molecular complexity index is 1000. The fraction of sp³-hybridized carbons (Fsp3) is 0.0526. The first-order chi connectivity index (χ1) is 12.4. The highest BCUT2D eigenvalue weighted by molar-refractivity contribution is 9.11. The molecule has 5 nitrogen and oxygen atoms in total. The molecule has 0 unspecified atom stereocenters. The molecule has 7 heteroatoms. The van der Waals surface area contributed by atoms with Crippen LogP contribution in [0, 0.1) is 0 Å². The van der Waals surface area contributed by atoms with Crippen LogP contribution in [0.5, 0.6) is 5.75 Å². The highest BCUT2D eigenvalue weighted by Gasteiger charge is 2.16. The largest absolute Gasteiger partial charge is 0.507 e. The van der Waals surface area contributed by atoms with Crippen LogP contribution in [0.3, 0.4) is 0 Å². The minimum absolute atomic E-state index is 0.0151. The molecule has 0 atom stereocenters. The number of nitrogens with one attached hydrogen (secondary N) is 1. The molecule has 1 amide bonds. The van der Waals surface area contributed by atoms with Crippen molar-refractivity contribution in [2.75, 3.05) is 11.9 Å². The van der Waals surface area contributed by atoms with Gasteiger partial charge in [-0.05, 0) is 57.0 Å². The summed E-state index contributed by atoms with van der Waals surface area (Å²) < 4.78 is 6.57. The molecule has 2 N–H and O–H groups in total. The van der Waals surface area contributed by atoms with E-state index in [0.717, 1.165) is 15.2 Å². The van der Waals surface area contributed by atoms with Crippen molar-refractivity contribution in [2.24, 2.45) is 0 Å². The Labute approximate surface area is 166 Å². The molecule has 0 aliphatic carbocycles. The van der Waals surface area contributed by atoms with Gasteiger partial charge in [0.1, 0.15) is 11.3 Å². The van der Waals surface area contributed by atoms with Crippen LogP contribution in [0.25, 0.3) is 10.8 Å². The monoisotopic (exact) mass is 477 g/mol. The molecule has 3 rings (SSSR count). The first kappa shape index (κ1) is 18.4. The molecule has 132 valence electrons. The fourth-order valence-electron chi connectivity index (χ4n) is 2.38. The van der Waals surface area contributed by atoms with Gasteiger partial charge in [-0.15, -0.1) is 0 Å². The van der Waals surface area contributed by atoms with Crippen molar-refractivity contribution in [3.05, 3.63) is 69.1 Å². The standard InChI is InChI=1S/C19H13Br2NO4/c20-13-5-6-16(15(21)9-13)22-18(24)10-26-19(25)14-7-11-3-1-2-4-12(11)8-17(14)23/h1-9,23H,10H2,(H,22,24). The number of hydrogen-bond acceptors (Lipinski definition) is 4. The fourth-order valence-corrected chi connectivity index (χ4v) is 3.52. The van der Waals surface area contributed by atoms with Gasteiger partial charge in [-0.3, -0.25) is 4.79 Å². The zero-order valence-electron chi connectivity index (χ0n) is 13.3. The van der Waals surface area contributed by atoms with Crippen molar-refractivity contribution in [3.8, 4) is 5.75 Å². The molecular weight excluding hydrogens is 466 g/mol. The Kier molecular flexibility index (Phi) is 5.58. The summed E-state index contributed by atoms with van der Waals surface area (Å²) in [6.07, 6.45) is 0. The van der Waals surface area contributed by atoms with E-state index >= 15 is 0 Å². The topological polar surface area (TPSA) is 75.6 Å². The number of ether oxygens (including phenoxy) is 1. The van der Waals surface area contributed by atoms with E-state index in [1.165, 1.54) is 12.1 Å². The molecular formula is C19H13Br2NO4. The Balaban J connectivity index is 1.66. The minimum atomic E-state index is -0.765. The van der Waals surface area contributed by atoms with Crippen LogP contribution in [-0.4, -0.2) is 23.6 Å². The summed E-state index contributed by atoms with van der Waals surface area (Å²) in [5.41, 5.74) is 0.573. The number of hydrogen-bond donors (Lipinski definition) is 2. The van der Waals surface area contributed by atoms with Crippen LogP contribution in [0.4, 0.5) is 5.69 Å². The van der Waals surface area contributed by atoms with Crippen LogP contribution >= 0.6 is 31.9 Å². The van der Waals surface area contributed by atoms with Crippen LogP contribution in [-0.2, 0) is 9.53 Å². The summed E-state index contributed by atoms with van der Waals surface area (Å²) in [7, 11) is 0. The number of phenolic OH excluding ortho intramolecular Hbond substituents is 1. The highest BCUT2D eigenvalue weighted by Crippen LogP contribution is 2.27. The third kappa shape index (κ3) is 4.23. The average molecular weight is 479 g/mol. The second-order valence-electron chi connectivity index (χ2n) is 5.46. The Morgan fingerprint density at radius 3 is 2.38 bits per heavy atom. The maximum Gasteiger partial charge on any atom is 0.342 e. The van der Waals surface area contributed by atoms with Gasteiger partial charge in [0.25, 0.3) is 5.91 Å². The lowest BCUT2D eigenvalue weighted by Gasteiger charge is -2.10. The Hall–Kier alpha value is -2.38. The summed E-state index contributed by atoms with van der Waals surface area (Å²) in [6, 6.07) is 15.6. The summed E-state index contributed by atoms with van der Waals surface area (Å²) in [5, 5.41) is 14.3.